The predicted molar refractivity (Wildman–Crippen MR) is 65.2 cm³/mol. The van der Waals surface area contributed by atoms with Crippen molar-refractivity contribution in [2.75, 3.05) is 0 Å². The predicted octanol–water partition coefficient (Wildman–Crippen LogP) is 4.01. The van der Waals surface area contributed by atoms with Gasteiger partial charge in [-0.3, -0.25) is 4.79 Å². The SMILES string of the molecule is CCC1(C(F)(F)F)C=Cc2cc(C(C)=O)ccc2O1. The van der Waals surface area contributed by atoms with Crippen molar-refractivity contribution < 1.29 is 22.7 Å². The fourth-order valence-electron chi connectivity index (χ4n) is 1.99. The third-order valence-electron chi connectivity index (χ3n) is 3.25. The largest absolute Gasteiger partial charge is 0.473 e. The molecule has 0 spiro atoms. The van der Waals surface area contributed by atoms with Crippen molar-refractivity contribution in [3.05, 3.63) is 35.4 Å². The van der Waals surface area contributed by atoms with Crippen LogP contribution in [0.15, 0.2) is 24.3 Å². The second kappa shape index (κ2) is 4.40. The second-order valence-electron chi connectivity index (χ2n) is 4.48. The molecule has 1 aliphatic heterocycles. The van der Waals surface area contributed by atoms with Gasteiger partial charge in [0.05, 0.1) is 0 Å². The van der Waals surface area contributed by atoms with Gasteiger partial charge in [0, 0.05) is 11.1 Å². The van der Waals surface area contributed by atoms with E-state index in [9.17, 15) is 18.0 Å². The summed E-state index contributed by atoms with van der Waals surface area (Å²) in [5.74, 6) is 0.00558. The number of fused-ring (bicyclic) bond motifs is 1. The molecule has 1 aromatic rings. The van der Waals surface area contributed by atoms with Crippen LogP contribution in [-0.2, 0) is 0 Å². The lowest BCUT2D eigenvalue weighted by atomic mass is 9.94. The molecule has 0 amide bonds. The van der Waals surface area contributed by atoms with Crippen LogP contribution in [-0.4, -0.2) is 17.6 Å². The lowest BCUT2D eigenvalue weighted by molar-refractivity contribution is -0.230. The molecule has 1 atom stereocenters. The molecule has 0 fully saturated rings. The van der Waals surface area contributed by atoms with Gasteiger partial charge in [-0.05, 0) is 37.6 Å². The summed E-state index contributed by atoms with van der Waals surface area (Å²) in [4.78, 5) is 11.2. The maximum Gasteiger partial charge on any atom is 0.432 e. The topological polar surface area (TPSA) is 26.3 Å². The first-order valence-electron chi connectivity index (χ1n) is 5.89. The summed E-state index contributed by atoms with van der Waals surface area (Å²) in [6.45, 7) is 2.83. The van der Waals surface area contributed by atoms with Crippen molar-refractivity contribution >= 4 is 11.9 Å². The zero-order chi connectivity index (χ0) is 14.3. The van der Waals surface area contributed by atoms with E-state index < -0.39 is 11.8 Å². The summed E-state index contributed by atoms with van der Waals surface area (Å²) < 4.78 is 44.3. The molecular formula is C14H13F3O2. The highest BCUT2D eigenvalue weighted by Gasteiger charge is 2.55. The molecule has 19 heavy (non-hydrogen) atoms. The third-order valence-corrected chi connectivity index (χ3v) is 3.25. The molecule has 0 radical (unpaired) electrons. The molecule has 5 heteroatoms. The van der Waals surface area contributed by atoms with Crippen LogP contribution in [0.3, 0.4) is 0 Å². The highest BCUT2D eigenvalue weighted by molar-refractivity contribution is 5.95. The number of Topliss-reactive ketones (excluding diaryl/α,β-unsaturated/α-hetero) is 1. The Morgan fingerprint density at radius 2 is 2.05 bits per heavy atom. The molecule has 0 saturated carbocycles. The van der Waals surface area contributed by atoms with E-state index in [4.69, 9.17) is 4.74 Å². The Balaban J connectivity index is 2.45. The molecule has 2 nitrogen and oxygen atoms in total. The van der Waals surface area contributed by atoms with Gasteiger partial charge in [-0.15, -0.1) is 0 Å². The minimum Gasteiger partial charge on any atom is -0.473 e. The van der Waals surface area contributed by atoms with Crippen LogP contribution in [0.1, 0.15) is 36.2 Å². The van der Waals surface area contributed by atoms with E-state index in [1.165, 1.54) is 38.1 Å². The number of alkyl halides is 3. The molecule has 0 aliphatic carbocycles. The van der Waals surface area contributed by atoms with Crippen LogP contribution in [0.2, 0.25) is 0 Å². The minimum absolute atomic E-state index is 0.139. The van der Waals surface area contributed by atoms with Gasteiger partial charge in [0.2, 0.25) is 5.60 Å². The van der Waals surface area contributed by atoms with E-state index in [1.807, 2.05) is 0 Å². The van der Waals surface area contributed by atoms with Crippen molar-refractivity contribution in [3.8, 4) is 5.75 Å². The summed E-state index contributed by atoms with van der Waals surface area (Å²) in [5, 5.41) is 0. The van der Waals surface area contributed by atoms with Gasteiger partial charge in [0.1, 0.15) is 5.75 Å². The first kappa shape index (κ1) is 13.6. The number of hydrogen-bond acceptors (Lipinski definition) is 2. The monoisotopic (exact) mass is 270 g/mol. The quantitative estimate of drug-likeness (QED) is 0.759. The van der Waals surface area contributed by atoms with Crippen molar-refractivity contribution in [1.82, 2.24) is 0 Å². The number of benzene rings is 1. The number of carbonyl (C=O) groups is 1. The molecular weight excluding hydrogens is 257 g/mol. The van der Waals surface area contributed by atoms with E-state index >= 15 is 0 Å². The van der Waals surface area contributed by atoms with Crippen molar-refractivity contribution in [3.63, 3.8) is 0 Å². The molecule has 0 N–H and O–H groups in total. The molecule has 1 aliphatic rings. The van der Waals surface area contributed by atoms with E-state index in [0.717, 1.165) is 6.08 Å². The molecule has 1 unspecified atom stereocenters. The fraction of sp³-hybridized carbons (Fsp3) is 0.357. The van der Waals surface area contributed by atoms with Crippen LogP contribution in [0.25, 0.3) is 6.08 Å². The van der Waals surface area contributed by atoms with Crippen molar-refractivity contribution in [2.24, 2.45) is 0 Å². The molecule has 0 saturated heterocycles. The summed E-state index contributed by atoms with van der Waals surface area (Å²) in [5.41, 5.74) is -1.35. The lowest BCUT2D eigenvalue weighted by Crippen LogP contribution is -2.49. The Morgan fingerprint density at radius 1 is 1.37 bits per heavy atom. The Hall–Kier alpha value is -1.78. The Bertz CT molecular complexity index is 546. The summed E-state index contributed by atoms with van der Waals surface area (Å²) in [6.07, 6.45) is -2.31. The molecule has 0 bridgehead atoms. The number of ether oxygens (including phenoxy) is 1. The Morgan fingerprint density at radius 3 is 2.58 bits per heavy atom. The van der Waals surface area contributed by atoms with Gasteiger partial charge >= 0.3 is 6.18 Å². The van der Waals surface area contributed by atoms with Crippen LogP contribution in [0, 0.1) is 0 Å². The summed E-state index contributed by atoms with van der Waals surface area (Å²) in [7, 11) is 0. The van der Waals surface area contributed by atoms with Gasteiger partial charge in [-0.1, -0.05) is 13.0 Å². The maximum absolute atomic E-state index is 13.1. The number of hydrogen-bond donors (Lipinski definition) is 0. The average Bonchev–Trinajstić information content (AvgIpc) is 2.35. The molecule has 102 valence electrons. The third kappa shape index (κ3) is 2.25. The Kier molecular flexibility index (Phi) is 3.16. The van der Waals surface area contributed by atoms with Crippen LogP contribution in [0.5, 0.6) is 5.75 Å². The van der Waals surface area contributed by atoms with E-state index in [2.05, 4.69) is 0 Å². The zero-order valence-electron chi connectivity index (χ0n) is 10.5. The van der Waals surface area contributed by atoms with Crippen LogP contribution >= 0.6 is 0 Å². The van der Waals surface area contributed by atoms with Crippen molar-refractivity contribution in [1.29, 1.82) is 0 Å². The number of ketones is 1. The molecule has 2 rings (SSSR count). The van der Waals surface area contributed by atoms with E-state index in [1.54, 1.807) is 0 Å². The van der Waals surface area contributed by atoms with E-state index in [0.29, 0.717) is 11.1 Å². The highest BCUT2D eigenvalue weighted by Crippen LogP contribution is 2.43. The van der Waals surface area contributed by atoms with Gasteiger partial charge < -0.3 is 4.74 Å². The number of carbonyl (C=O) groups excluding carboxylic acids is 1. The van der Waals surface area contributed by atoms with Gasteiger partial charge in [-0.2, -0.15) is 13.2 Å². The first-order valence-corrected chi connectivity index (χ1v) is 5.89. The minimum atomic E-state index is -4.48. The highest BCUT2D eigenvalue weighted by atomic mass is 19.4. The molecule has 1 aromatic carbocycles. The zero-order valence-corrected chi connectivity index (χ0v) is 10.5. The van der Waals surface area contributed by atoms with Crippen molar-refractivity contribution in [2.45, 2.75) is 32.0 Å². The number of rotatable bonds is 2. The van der Waals surface area contributed by atoms with Gasteiger partial charge in [-0.25, -0.2) is 0 Å². The maximum atomic E-state index is 13.1. The van der Waals surface area contributed by atoms with Gasteiger partial charge in [0.15, 0.2) is 5.78 Å². The summed E-state index contributed by atoms with van der Waals surface area (Å²) in [6, 6.07) is 4.41. The second-order valence-corrected chi connectivity index (χ2v) is 4.48. The average molecular weight is 270 g/mol. The number of halogens is 3. The van der Waals surface area contributed by atoms with Gasteiger partial charge in [0.25, 0.3) is 0 Å². The summed E-state index contributed by atoms with van der Waals surface area (Å²) >= 11 is 0. The lowest BCUT2D eigenvalue weighted by Gasteiger charge is -2.35. The fourth-order valence-corrected chi connectivity index (χ4v) is 1.99. The van der Waals surface area contributed by atoms with Crippen LogP contribution in [0.4, 0.5) is 13.2 Å². The first-order chi connectivity index (χ1) is 8.79. The van der Waals surface area contributed by atoms with E-state index in [-0.39, 0.29) is 18.0 Å². The molecule has 0 aromatic heterocycles. The molecule has 1 heterocycles. The Labute approximate surface area is 108 Å². The smallest absolute Gasteiger partial charge is 0.432 e. The van der Waals surface area contributed by atoms with Crippen LogP contribution < -0.4 is 4.74 Å². The standard InChI is InChI=1S/C14H13F3O2/c1-3-13(14(15,16)17)7-6-11-8-10(9(2)18)4-5-12(11)19-13/h4-8H,3H2,1-2H3. The normalized spacial score (nSPS) is 21.7.